The quantitative estimate of drug-likeness (QED) is 0.854. The van der Waals surface area contributed by atoms with Crippen LogP contribution < -0.4 is 5.32 Å². The van der Waals surface area contributed by atoms with E-state index in [0.29, 0.717) is 11.4 Å². The van der Waals surface area contributed by atoms with Crippen LogP contribution in [0.25, 0.3) is 0 Å². The lowest BCUT2D eigenvalue weighted by atomic mass is 10.2. The van der Waals surface area contributed by atoms with E-state index in [9.17, 15) is 9.59 Å². The van der Waals surface area contributed by atoms with E-state index in [2.05, 4.69) is 15.3 Å². The smallest absolute Gasteiger partial charge is 0.309 e. The summed E-state index contributed by atoms with van der Waals surface area (Å²) in [6, 6.07) is 6.76. The number of carbonyl (C=O) groups is 2. The van der Waals surface area contributed by atoms with Crippen molar-refractivity contribution in [2.75, 3.05) is 5.32 Å². The van der Waals surface area contributed by atoms with Gasteiger partial charge in [-0.15, -0.1) is 0 Å². The Morgan fingerprint density at radius 3 is 2.45 bits per heavy atom. The third kappa shape index (κ3) is 4.16. The number of pyridine rings is 2. The van der Waals surface area contributed by atoms with Crippen LogP contribution in [-0.2, 0) is 22.4 Å². The van der Waals surface area contributed by atoms with Gasteiger partial charge in [0.05, 0.1) is 30.4 Å². The molecule has 2 aromatic heterocycles. The van der Waals surface area contributed by atoms with Crippen LogP contribution in [0.3, 0.4) is 0 Å². The van der Waals surface area contributed by atoms with Gasteiger partial charge in [-0.05, 0) is 29.8 Å². The van der Waals surface area contributed by atoms with E-state index in [1.165, 1.54) is 6.20 Å². The van der Waals surface area contributed by atoms with Crippen molar-refractivity contribution in [3.05, 3.63) is 54.1 Å². The monoisotopic (exact) mass is 271 g/mol. The van der Waals surface area contributed by atoms with Gasteiger partial charge in [0.15, 0.2) is 0 Å². The summed E-state index contributed by atoms with van der Waals surface area (Å²) in [5, 5.41) is 11.3. The van der Waals surface area contributed by atoms with Crippen LogP contribution >= 0.6 is 0 Å². The standard InChI is InChI=1S/C14H13N3O3/c18-13(7-10-3-5-15-6-4-10)17-12-2-1-11(16-9-12)8-14(19)20/h1-6,9H,7-8H2,(H,17,18)(H,19,20). The number of anilines is 1. The third-order valence-corrected chi connectivity index (χ3v) is 2.55. The molecule has 2 aromatic rings. The van der Waals surface area contributed by atoms with Crippen LogP contribution in [0.15, 0.2) is 42.9 Å². The lowest BCUT2D eigenvalue weighted by Gasteiger charge is -2.05. The number of hydrogen-bond acceptors (Lipinski definition) is 4. The first kappa shape index (κ1) is 13.7. The Morgan fingerprint density at radius 1 is 1.10 bits per heavy atom. The van der Waals surface area contributed by atoms with Gasteiger partial charge in [0.1, 0.15) is 0 Å². The maximum absolute atomic E-state index is 11.8. The van der Waals surface area contributed by atoms with Gasteiger partial charge in [0, 0.05) is 12.4 Å². The van der Waals surface area contributed by atoms with Gasteiger partial charge in [-0.3, -0.25) is 19.6 Å². The number of carboxylic acid groups (broad SMARTS) is 1. The molecule has 6 heteroatoms. The Morgan fingerprint density at radius 2 is 1.85 bits per heavy atom. The molecule has 2 heterocycles. The predicted octanol–water partition coefficient (Wildman–Crippen LogP) is 1.28. The van der Waals surface area contributed by atoms with Crippen molar-refractivity contribution in [1.29, 1.82) is 0 Å². The maximum atomic E-state index is 11.8. The zero-order valence-corrected chi connectivity index (χ0v) is 10.6. The van der Waals surface area contributed by atoms with Crippen molar-refractivity contribution in [1.82, 2.24) is 9.97 Å². The normalized spacial score (nSPS) is 10.0. The molecule has 0 aromatic carbocycles. The number of nitrogens with one attached hydrogen (secondary N) is 1. The summed E-state index contributed by atoms with van der Waals surface area (Å²) >= 11 is 0. The summed E-state index contributed by atoms with van der Waals surface area (Å²) in [6.45, 7) is 0. The SMILES string of the molecule is O=C(O)Cc1ccc(NC(=O)Cc2ccncc2)cn1. The highest BCUT2D eigenvalue weighted by Gasteiger charge is 2.05. The van der Waals surface area contributed by atoms with E-state index in [-0.39, 0.29) is 18.7 Å². The second kappa shape index (κ2) is 6.42. The van der Waals surface area contributed by atoms with E-state index in [1.54, 1.807) is 36.7 Å². The van der Waals surface area contributed by atoms with E-state index in [1.807, 2.05) is 0 Å². The van der Waals surface area contributed by atoms with Crippen molar-refractivity contribution >= 4 is 17.6 Å². The van der Waals surface area contributed by atoms with E-state index in [0.717, 1.165) is 5.56 Å². The summed E-state index contributed by atoms with van der Waals surface area (Å²) < 4.78 is 0. The number of amides is 1. The average molecular weight is 271 g/mol. The Hall–Kier alpha value is -2.76. The zero-order chi connectivity index (χ0) is 14.4. The molecule has 0 spiro atoms. The first-order valence-corrected chi connectivity index (χ1v) is 5.99. The van der Waals surface area contributed by atoms with Crippen molar-refractivity contribution in [2.24, 2.45) is 0 Å². The summed E-state index contributed by atoms with van der Waals surface area (Å²) in [5.41, 5.74) is 1.86. The number of aliphatic carboxylic acids is 1. The Balaban J connectivity index is 1.93. The molecule has 102 valence electrons. The van der Waals surface area contributed by atoms with E-state index >= 15 is 0 Å². The van der Waals surface area contributed by atoms with Gasteiger partial charge in [-0.1, -0.05) is 0 Å². The average Bonchev–Trinajstić information content (AvgIpc) is 2.41. The first-order chi connectivity index (χ1) is 9.63. The molecule has 0 aliphatic heterocycles. The number of nitrogens with zero attached hydrogens (tertiary/aromatic N) is 2. The highest BCUT2D eigenvalue weighted by atomic mass is 16.4. The van der Waals surface area contributed by atoms with Crippen molar-refractivity contribution in [3.8, 4) is 0 Å². The lowest BCUT2D eigenvalue weighted by Crippen LogP contribution is -2.14. The van der Waals surface area contributed by atoms with Crippen LogP contribution in [-0.4, -0.2) is 27.0 Å². The van der Waals surface area contributed by atoms with Crippen LogP contribution in [0.1, 0.15) is 11.3 Å². The Kier molecular flexibility index (Phi) is 4.39. The van der Waals surface area contributed by atoms with E-state index in [4.69, 9.17) is 5.11 Å². The minimum Gasteiger partial charge on any atom is -0.481 e. The number of carboxylic acids is 1. The molecular weight excluding hydrogens is 258 g/mol. The van der Waals surface area contributed by atoms with Crippen LogP contribution in [0, 0.1) is 0 Å². The molecular formula is C14H13N3O3. The van der Waals surface area contributed by atoms with Gasteiger partial charge >= 0.3 is 5.97 Å². The van der Waals surface area contributed by atoms with Crippen molar-refractivity contribution < 1.29 is 14.7 Å². The molecule has 20 heavy (non-hydrogen) atoms. The molecule has 0 aliphatic rings. The number of carbonyl (C=O) groups excluding carboxylic acids is 1. The van der Waals surface area contributed by atoms with Crippen LogP contribution in [0.2, 0.25) is 0 Å². The zero-order valence-electron chi connectivity index (χ0n) is 10.6. The molecule has 0 saturated heterocycles. The molecule has 0 aliphatic carbocycles. The minimum absolute atomic E-state index is 0.134. The topological polar surface area (TPSA) is 92.2 Å². The second-order valence-electron chi connectivity index (χ2n) is 4.19. The minimum atomic E-state index is -0.938. The molecule has 0 radical (unpaired) electrons. The highest BCUT2D eigenvalue weighted by molar-refractivity contribution is 5.92. The molecule has 2 rings (SSSR count). The van der Waals surface area contributed by atoms with Gasteiger partial charge < -0.3 is 10.4 Å². The maximum Gasteiger partial charge on any atom is 0.309 e. The highest BCUT2D eigenvalue weighted by Crippen LogP contribution is 2.08. The number of rotatable bonds is 5. The molecule has 0 saturated carbocycles. The molecule has 0 fully saturated rings. The summed E-state index contributed by atoms with van der Waals surface area (Å²) in [7, 11) is 0. The van der Waals surface area contributed by atoms with Gasteiger partial charge in [-0.25, -0.2) is 0 Å². The van der Waals surface area contributed by atoms with Gasteiger partial charge in [0.2, 0.25) is 5.91 Å². The van der Waals surface area contributed by atoms with Crippen LogP contribution in [0.4, 0.5) is 5.69 Å². The molecule has 0 bridgehead atoms. The van der Waals surface area contributed by atoms with E-state index < -0.39 is 5.97 Å². The second-order valence-corrected chi connectivity index (χ2v) is 4.19. The Labute approximate surface area is 115 Å². The Bertz CT molecular complexity index is 597. The largest absolute Gasteiger partial charge is 0.481 e. The number of aromatic nitrogens is 2. The first-order valence-electron chi connectivity index (χ1n) is 5.99. The number of hydrogen-bond donors (Lipinski definition) is 2. The molecule has 0 unspecified atom stereocenters. The molecule has 6 nitrogen and oxygen atoms in total. The lowest BCUT2D eigenvalue weighted by molar-refractivity contribution is -0.136. The summed E-state index contributed by atoms with van der Waals surface area (Å²) in [6.07, 6.45) is 4.82. The predicted molar refractivity (Wildman–Crippen MR) is 72.1 cm³/mol. The van der Waals surface area contributed by atoms with Crippen molar-refractivity contribution in [2.45, 2.75) is 12.8 Å². The fraction of sp³-hybridized carbons (Fsp3) is 0.143. The third-order valence-electron chi connectivity index (χ3n) is 2.55. The molecule has 0 atom stereocenters. The van der Waals surface area contributed by atoms with Gasteiger partial charge in [0.25, 0.3) is 0 Å². The van der Waals surface area contributed by atoms with Gasteiger partial charge in [-0.2, -0.15) is 0 Å². The fourth-order valence-corrected chi connectivity index (χ4v) is 1.65. The van der Waals surface area contributed by atoms with Crippen molar-refractivity contribution in [3.63, 3.8) is 0 Å². The summed E-state index contributed by atoms with van der Waals surface area (Å²) in [5.74, 6) is -1.10. The molecule has 1 amide bonds. The summed E-state index contributed by atoms with van der Waals surface area (Å²) in [4.78, 5) is 30.2. The fourth-order valence-electron chi connectivity index (χ4n) is 1.65. The molecule has 2 N–H and O–H groups in total. The van der Waals surface area contributed by atoms with Crippen LogP contribution in [0.5, 0.6) is 0 Å².